The van der Waals surface area contributed by atoms with Gasteiger partial charge in [0.1, 0.15) is 0 Å². The number of carbonyl (C=O) groups is 1. The van der Waals surface area contributed by atoms with Gasteiger partial charge in [-0.25, -0.2) is 4.98 Å². The van der Waals surface area contributed by atoms with Crippen LogP contribution in [0.25, 0.3) is 0 Å². The van der Waals surface area contributed by atoms with Crippen molar-refractivity contribution in [3.8, 4) is 0 Å². The molecule has 2 N–H and O–H groups in total. The highest BCUT2D eigenvalue weighted by atomic mass is 32.1. The maximum atomic E-state index is 12.7. The fraction of sp³-hybridized carbons (Fsp3) is 0.524. The Hall–Kier alpha value is -1.76. The van der Waals surface area contributed by atoms with E-state index in [2.05, 4.69) is 31.1 Å². The van der Waals surface area contributed by atoms with E-state index in [9.17, 15) is 4.79 Å². The zero-order valence-electron chi connectivity index (χ0n) is 16.5. The number of nitrogens with zero attached hydrogens (tertiary/aromatic N) is 3. The second kappa shape index (κ2) is 8.50. The van der Waals surface area contributed by atoms with Gasteiger partial charge in [-0.2, -0.15) is 0 Å². The van der Waals surface area contributed by atoms with E-state index in [1.54, 1.807) is 11.3 Å². The number of aromatic nitrogens is 1. The molecule has 1 unspecified atom stereocenters. The average molecular weight is 387 g/mol. The predicted molar refractivity (Wildman–Crippen MR) is 111 cm³/mol. The molecule has 1 aliphatic rings. The van der Waals surface area contributed by atoms with Crippen LogP contribution in [0.3, 0.4) is 0 Å². The summed E-state index contributed by atoms with van der Waals surface area (Å²) in [6.07, 6.45) is 0.592. The number of hydrogen-bond acceptors (Lipinski definition) is 5. The molecule has 2 heterocycles. The molecule has 1 saturated heterocycles. The third-order valence-corrected chi connectivity index (χ3v) is 6.20. The summed E-state index contributed by atoms with van der Waals surface area (Å²) in [5, 5.41) is 3.34. The number of piperazine rings is 1. The fourth-order valence-corrected chi connectivity index (χ4v) is 4.17. The van der Waals surface area contributed by atoms with Crippen LogP contribution in [0.1, 0.15) is 37.0 Å². The van der Waals surface area contributed by atoms with Gasteiger partial charge in [0.15, 0.2) is 0 Å². The van der Waals surface area contributed by atoms with Crippen molar-refractivity contribution in [1.82, 2.24) is 14.8 Å². The molecule has 0 bridgehead atoms. The third kappa shape index (κ3) is 5.37. The topological polar surface area (TPSA) is 62.5 Å². The highest BCUT2D eigenvalue weighted by molar-refractivity contribution is 7.09. The van der Waals surface area contributed by atoms with Crippen molar-refractivity contribution in [2.45, 2.75) is 45.2 Å². The first-order chi connectivity index (χ1) is 12.8. The van der Waals surface area contributed by atoms with Crippen molar-refractivity contribution in [2.24, 2.45) is 5.73 Å². The van der Waals surface area contributed by atoms with Crippen LogP contribution in [-0.2, 0) is 23.2 Å². The lowest BCUT2D eigenvalue weighted by molar-refractivity contribution is -0.134. The van der Waals surface area contributed by atoms with Crippen molar-refractivity contribution < 1.29 is 4.79 Å². The number of nitrogens with two attached hydrogens (primary N) is 1. The minimum atomic E-state index is -0.466. The van der Waals surface area contributed by atoms with Crippen LogP contribution in [0.5, 0.6) is 0 Å². The van der Waals surface area contributed by atoms with Crippen LogP contribution < -0.4 is 5.73 Å². The Morgan fingerprint density at radius 3 is 2.44 bits per heavy atom. The summed E-state index contributed by atoms with van der Waals surface area (Å²) in [7, 11) is 0. The lowest BCUT2D eigenvalue weighted by Gasteiger charge is -2.35. The van der Waals surface area contributed by atoms with Gasteiger partial charge in [-0.15, -0.1) is 11.3 Å². The van der Waals surface area contributed by atoms with Crippen LogP contribution in [0.4, 0.5) is 0 Å². The highest BCUT2D eigenvalue weighted by Gasteiger charge is 2.26. The molecule has 1 amide bonds. The number of rotatable bonds is 5. The molecular weight excluding hydrogens is 356 g/mol. The Morgan fingerprint density at radius 1 is 1.19 bits per heavy atom. The quantitative estimate of drug-likeness (QED) is 0.858. The minimum Gasteiger partial charge on any atom is -0.339 e. The zero-order valence-corrected chi connectivity index (χ0v) is 17.3. The van der Waals surface area contributed by atoms with Crippen LogP contribution >= 0.6 is 11.3 Å². The SMILES string of the molecule is CC(C)(C)c1nc(CN2CCN(C(=O)C(N)Cc3ccccc3)CC2)cs1. The predicted octanol–water partition coefficient (Wildman–Crippen LogP) is 2.65. The Labute approximate surface area is 166 Å². The Morgan fingerprint density at radius 2 is 1.85 bits per heavy atom. The first-order valence-corrected chi connectivity index (χ1v) is 10.5. The van der Waals surface area contributed by atoms with E-state index in [1.807, 2.05) is 35.2 Å². The van der Waals surface area contributed by atoms with Crippen molar-refractivity contribution in [1.29, 1.82) is 0 Å². The number of hydrogen-bond donors (Lipinski definition) is 1. The molecule has 0 spiro atoms. The summed E-state index contributed by atoms with van der Waals surface area (Å²) >= 11 is 1.74. The van der Waals surface area contributed by atoms with Gasteiger partial charge in [0, 0.05) is 43.5 Å². The second-order valence-electron chi connectivity index (χ2n) is 8.29. The summed E-state index contributed by atoms with van der Waals surface area (Å²) in [6.45, 7) is 10.6. The minimum absolute atomic E-state index is 0.0576. The molecule has 6 heteroatoms. The van der Waals surface area contributed by atoms with Crippen molar-refractivity contribution in [2.75, 3.05) is 26.2 Å². The number of benzene rings is 1. The number of thiazole rings is 1. The Bertz CT molecular complexity index is 745. The van der Waals surface area contributed by atoms with E-state index in [0.717, 1.165) is 44.0 Å². The summed E-state index contributed by atoms with van der Waals surface area (Å²) in [5.41, 5.74) is 8.51. The molecule has 27 heavy (non-hydrogen) atoms. The lowest BCUT2D eigenvalue weighted by Crippen LogP contribution is -2.53. The fourth-order valence-electron chi connectivity index (χ4n) is 3.27. The summed E-state index contributed by atoms with van der Waals surface area (Å²) in [5.74, 6) is 0.0576. The van der Waals surface area contributed by atoms with Gasteiger partial charge in [-0.1, -0.05) is 51.1 Å². The summed E-state index contributed by atoms with van der Waals surface area (Å²) < 4.78 is 0. The molecule has 0 aliphatic carbocycles. The van der Waals surface area contributed by atoms with E-state index < -0.39 is 6.04 Å². The van der Waals surface area contributed by atoms with Crippen LogP contribution in [0.15, 0.2) is 35.7 Å². The van der Waals surface area contributed by atoms with Crippen LogP contribution in [-0.4, -0.2) is 52.9 Å². The standard InChI is InChI=1S/C21H30N4OS/c1-21(2,3)20-23-17(15-27-20)14-24-9-11-25(12-10-24)19(26)18(22)13-16-7-5-4-6-8-16/h4-8,15,18H,9-14,22H2,1-3H3. The highest BCUT2D eigenvalue weighted by Crippen LogP contribution is 2.26. The second-order valence-corrected chi connectivity index (χ2v) is 9.15. The monoisotopic (exact) mass is 386 g/mol. The maximum absolute atomic E-state index is 12.7. The largest absolute Gasteiger partial charge is 0.339 e. The normalized spacial score (nSPS) is 17.1. The van der Waals surface area contributed by atoms with E-state index in [0.29, 0.717) is 6.42 Å². The lowest BCUT2D eigenvalue weighted by atomic mass is 9.98. The zero-order chi connectivity index (χ0) is 19.4. The molecular formula is C21H30N4OS. The molecule has 1 aromatic carbocycles. The molecule has 0 saturated carbocycles. The molecule has 2 aromatic rings. The van der Waals surface area contributed by atoms with Gasteiger partial charge in [-0.05, 0) is 12.0 Å². The molecule has 146 valence electrons. The molecule has 1 fully saturated rings. The van der Waals surface area contributed by atoms with Crippen LogP contribution in [0, 0.1) is 0 Å². The number of carbonyl (C=O) groups excluding carboxylic acids is 1. The molecule has 5 nitrogen and oxygen atoms in total. The van der Waals surface area contributed by atoms with Crippen molar-refractivity contribution in [3.63, 3.8) is 0 Å². The van der Waals surface area contributed by atoms with Crippen LogP contribution in [0.2, 0.25) is 0 Å². The molecule has 1 aliphatic heterocycles. The van der Waals surface area contributed by atoms with Gasteiger partial charge in [0.25, 0.3) is 0 Å². The van der Waals surface area contributed by atoms with Crippen molar-refractivity contribution >= 4 is 17.2 Å². The Kier molecular flexibility index (Phi) is 6.29. The van der Waals surface area contributed by atoms with Gasteiger partial charge in [0.2, 0.25) is 5.91 Å². The van der Waals surface area contributed by atoms with E-state index >= 15 is 0 Å². The molecule has 1 aromatic heterocycles. The van der Waals surface area contributed by atoms with Crippen molar-refractivity contribution in [3.05, 3.63) is 52.0 Å². The van der Waals surface area contributed by atoms with Gasteiger partial charge >= 0.3 is 0 Å². The first-order valence-electron chi connectivity index (χ1n) is 9.58. The van der Waals surface area contributed by atoms with Gasteiger partial charge < -0.3 is 10.6 Å². The van der Waals surface area contributed by atoms with E-state index in [-0.39, 0.29) is 11.3 Å². The van der Waals surface area contributed by atoms with E-state index in [4.69, 9.17) is 10.7 Å². The summed E-state index contributed by atoms with van der Waals surface area (Å²) in [6, 6.07) is 9.51. The first kappa shape index (κ1) is 20.0. The molecule has 3 rings (SSSR count). The third-order valence-electron chi connectivity index (χ3n) is 4.88. The Balaban J connectivity index is 1.48. The summed E-state index contributed by atoms with van der Waals surface area (Å²) in [4.78, 5) is 21.7. The molecule has 0 radical (unpaired) electrons. The molecule has 1 atom stereocenters. The average Bonchev–Trinajstić information content (AvgIpc) is 3.11. The maximum Gasteiger partial charge on any atom is 0.239 e. The van der Waals surface area contributed by atoms with E-state index in [1.165, 1.54) is 5.01 Å². The van der Waals surface area contributed by atoms with Gasteiger partial charge in [0.05, 0.1) is 16.7 Å². The number of amides is 1. The smallest absolute Gasteiger partial charge is 0.239 e. The van der Waals surface area contributed by atoms with Gasteiger partial charge in [-0.3, -0.25) is 9.69 Å².